The number of phenolic OH excluding ortho intramolecular Hbond substituents is 2. The van der Waals surface area contributed by atoms with Gasteiger partial charge in [-0.15, -0.1) is 0 Å². The highest BCUT2D eigenvalue weighted by Crippen LogP contribution is 2.57. The Morgan fingerprint density at radius 1 is 0.909 bits per heavy atom. The maximum Gasteiger partial charge on any atom is 0.340 e. The van der Waals surface area contributed by atoms with Crippen molar-refractivity contribution in [1.82, 2.24) is 5.32 Å². The number of aromatic hydroxyl groups is 2. The largest absolute Gasteiger partial charge is 0.508 e. The third kappa shape index (κ3) is 6.27. The number of rotatable bonds is 11. The minimum absolute atomic E-state index is 0.0149. The highest BCUT2D eigenvalue weighted by atomic mass is 16.6. The Morgan fingerprint density at radius 3 is 2.14 bits per heavy atom. The van der Waals surface area contributed by atoms with Crippen LogP contribution in [0.4, 0.5) is 0 Å². The van der Waals surface area contributed by atoms with Gasteiger partial charge in [0.25, 0.3) is 5.91 Å². The minimum atomic E-state index is -1.36. The average Bonchev–Trinajstić information content (AvgIpc) is 3.22. The summed E-state index contributed by atoms with van der Waals surface area (Å²) in [4.78, 5) is 26.6. The first-order chi connectivity index (χ1) is 20.7. The lowest BCUT2D eigenvalue weighted by atomic mass is 9.77. The van der Waals surface area contributed by atoms with Gasteiger partial charge in [0.1, 0.15) is 23.0 Å². The van der Waals surface area contributed by atoms with Crippen LogP contribution in [0, 0.1) is 11.3 Å². The molecule has 2 aliphatic heterocycles. The molecule has 8 heteroatoms. The zero-order valence-electron chi connectivity index (χ0n) is 26.5. The van der Waals surface area contributed by atoms with Gasteiger partial charge in [0.05, 0.1) is 11.2 Å². The van der Waals surface area contributed by atoms with Gasteiger partial charge >= 0.3 is 5.97 Å². The maximum atomic E-state index is 13.4. The second kappa shape index (κ2) is 11.8. The van der Waals surface area contributed by atoms with Crippen LogP contribution in [0.3, 0.4) is 0 Å². The molecule has 2 heterocycles. The summed E-state index contributed by atoms with van der Waals surface area (Å²) in [7, 11) is 0. The monoisotopic (exact) mass is 601 g/mol. The summed E-state index contributed by atoms with van der Waals surface area (Å²) in [6.45, 7) is 14.0. The highest BCUT2D eigenvalue weighted by molar-refractivity contribution is 6.01. The first-order valence-electron chi connectivity index (χ1n) is 15.4. The molecule has 0 radical (unpaired) electrons. The SMILES string of the molecule is CC(C)CCCC(C)(C)OCCC(C)(C)CNC(=O)c1ccc2c(c1)C(=O)OC21c2ccc(O)cc2Oc2cc(O)ccc21. The number of ether oxygens (including phenoxy) is 3. The molecule has 0 fully saturated rings. The lowest BCUT2D eigenvalue weighted by Gasteiger charge is -2.36. The van der Waals surface area contributed by atoms with E-state index in [1.165, 1.54) is 30.7 Å². The maximum absolute atomic E-state index is 13.4. The summed E-state index contributed by atoms with van der Waals surface area (Å²) >= 11 is 0. The van der Waals surface area contributed by atoms with E-state index in [1.54, 1.807) is 30.3 Å². The molecule has 3 aromatic rings. The number of amides is 1. The molecule has 0 aliphatic carbocycles. The van der Waals surface area contributed by atoms with Gasteiger partial charge in [-0.05, 0) is 74.4 Å². The number of esters is 1. The summed E-state index contributed by atoms with van der Waals surface area (Å²) in [5, 5.41) is 23.3. The summed E-state index contributed by atoms with van der Waals surface area (Å²) < 4.78 is 18.3. The van der Waals surface area contributed by atoms with Gasteiger partial charge in [-0.3, -0.25) is 4.79 Å². The molecule has 3 N–H and O–H groups in total. The number of nitrogens with one attached hydrogen (secondary N) is 1. The number of fused-ring (bicyclic) bond motifs is 6. The molecule has 0 saturated heterocycles. The molecule has 1 amide bonds. The average molecular weight is 602 g/mol. The van der Waals surface area contributed by atoms with E-state index in [-0.39, 0.29) is 34.0 Å². The van der Waals surface area contributed by atoms with Crippen molar-refractivity contribution in [2.45, 2.75) is 78.4 Å². The molecule has 5 rings (SSSR count). The molecule has 0 atom stereocenters. The predicted octanol–water partition coefficient (Wildman–Crippen LogP) is 7.43. The Morgan fingerprint density at radius 2 is 1.52 bits per heavy atom. The minimum Gasteiger partial charge on any atom is -0.508 e. The van der Waals surface area contributed by atoms with Crippen molar-refractivity contribution in [1.29, 1.82) is 0 Å². The number of benzene rings is 3. The van der Waals surface area contributed by atoms with Gasteiger partial charge in [0.2, 0.25) is 0 Å². The van der Waals surface area contributed by atoms with Crippen LogP contribution in [0.5, 0.6) is 23.0 Å². The van der Waals surface area contributed by atoms with Gasteiger partial charge < -0.3 is 29.7 Å². The third-order valence-electron chi connectivity index (χ3n) is 8.60. The van der Waals surface area contributed by atoms with Crippen LogP contribution in [0.2, 0.25) is 0 Å². The fraction of sp³-hybridized carbons (Fsp3) is 0.444. The normalized spacial score (nSPS) is 14.9. The van der Waals surface area contributed by atoms with Gasteiger partial charge in [-0.25, -0.2) is 4.79 Å². The quantitative estimate of drug-likeness (QED) is 0.196. The second-order valence-electron chi connectivity index (χ2n) is 13.8. The van der Waals surface area contributed by atoms with Crippen LogP contribution < -0.4 is 10.1 Å². The molecular formula is C36H43NO7. The van der Waals surface area contributed by atoms with E-state index >= 15 is 0 Å². The highest BCUT2D eigenvalue weighted by Gasteiger charge is 2.53. The summed E-state index contributed by atoms with van der Waals surface area (Å²) in [5.74, 6) is 0.395. The van der Waals surface area contributed by atoms with Gasteiger partial charge in [0, 0.05) is 47.5 Å². The van der Waals surface area contributed by atoms with E-state index in [0.717, 1.165) is 19.3 Å². The molecular weight excluding hydrogens is 558 g/mol. The Labute approximate surface area is 259 Å². The van der Waals surface area contributed by atoms with E-state index in [0.29, 0.717) is 52.8 Å². The lowest BCUT2D eigenvalue weighted by Crippen LogP contribution is -2.36. The van der Waals surface area contributed by atoms with Crippen LogP contribution in [0.25, 0.3) is 0 Å². The van der Waals surface area contributed by atoms with Gasteiger partial charge in [0.15, 0.2) is 5.60 Å². The molecule has 3 aromatic carbocycles. The topological polar surface area (TPSA) is 114 Å². The first-order valence-corrected chi connectivity index (χ1v) is 15.4. The molecule has 44 heavy (non-hydrogen) atoms. The van der Waals surface area contributed by atoms with Crippen LogP contribution >= 0.6 is 0 Å². The van der Waals surface area contributed by atoms with Crippen molar-refractivity contribution in [2.24, 2.45) is 11.3 Å². The van der Waals surface area contributed by atoms with Crippen molar-refractivity contribution >= 4 is 11.9 Å². The number of hydrogen-bond donors (Lipinski definition) is 3. The third-order valence-corrected chi connectivity index (χ3v) is 8.60. The molecule has 0 saturated carbocycles. The van der Waals surface area contributed by atoms with E-state index < -0.39 is 11.6 Å². The van der Waals surface area contributed by atoms with Crippen LogP contribution in [0.15, 0.2) is 54.6 Å². The molecule has 2 aliphatic rings. The molecule has 8 nitrogen and oxygen atoms in total. The Kier molecular flexibility index (Phi) is 8.42. The fourth-order valence-corrected chi connectivity index (χ4v) is 5.97. The van der Waals surface area contributed by atoms with E-state index in [9.17, 15) is 19.8 Å². The number of carbonyl (C=O) groups excluding carboxylic acids is 2. The van der Waals surface area contributed by atoms with Gasteiger partial charge in [-0.2, -0.15) is 0 Å². The molecule has 1 spiro atoms. The number of hydrogen-bond acceptors (Lipinski definition) is 7. The fourth-order valence-electron chi connectivity index (χ4n) is 5.97. The van der Waals surface area contributed by atoms with Crippen molar-refractivity contribution in [3.05, 3.63) is 82.4 Å². The van der Waals surface area contributed by atoms with Crippen LogP contribution in [-0.4, -0.2) is 40.8 Å². The van der Waals surface area contributed by atoms with Crippen molar-refractivity contribution in [3.8, 4) is 23.0 Å². The summed E-state index contributed by atoms with van der Waals surface area (Å²) in [5.41, 5.74) is 0.484. The van der Waals surface area contributed by atoms with E-state index in [2.05, 4.69) is 46.9 Å². The first kappa shape index (κ1) is 31.4. The smallest absolute Gasteiger partial charge is 0.340 e. The Bertz CT molecular complexity index is 1520. The Hall–Kier alpha value is -4.04. The van der Waals surface area contributed by atoms with Crippen molar-refractivity contribution in [3.63, 3.8) is 0 Å². The van der Waals surface area contributed by atoms with E-state index in [4.69, 9.17) is 14.2 Å². The summed E-state index contributed by atoms with van der Waals surface area (Å²) in [6.07, 6.45) is 4.13. The molecule has 0 aromatic heterocycles. The molecule has 0 bridgehead atoms. The van der Waals surface area contributed by atoms with Crippen molar-refractivity contribution < 1.29 is 34.0 Å². The van der Waals surface area contributed by atoms with Crippen LogP contribution in [-0.2, 0) is 15.1 Å². The number of phenols is 2. The van der Waals surface area contributed by atoms with Gasteiger partial charge in [-0.1, -0.05) is 46.6 Å². The van der Waals surface area contributed by atoms with Crippen LogP contribution in [0.1, 0.15) is 105 Å². The van der Waals surface area contributed by atoms with Crippen molar-refractivity contribution in [2.75, 3.05) is 13.2 Å². The zero-order chi connectivity index (χ0) is 31.9. The zero-order valence-corrected chi connectivity index (χ0v) is 26.5. The number of carbonyl (C=O) groups is 2. The molecule has 0 unspecified atom stereocenters. The van der Waals surface area contributed by atoms with E-state index in [1.807, 2.05) is 0 Å². The predicted molar refractivity (Wildman–Crippen MR) is 167 cm³/mol. The lowest BCUT2D eigenvalue weighted by molar-refractivity contribution is -0.0358. The second-order valence-corrected chi connectivity index (χ2v) is 13.8. The Balaban J connectivity index is 1.31. The molecule has 234 valence electrons. The standard InChI is InChI=1S/C36H43NO7/c1-22(2)8-7-15-35(5,6)42-17-16-34(3,4)21-37-32(40)23-9-12-27-26(18-23)33(41)44-36(27)28-13-10-24(38)19-30(28)43-31-20-25(39)11-14-29(31)36/h9-14,18-20,22,38-39H,7-8,15-17,21H2,1-6H3,(H,37,40). The summed E-state index contributed by atoms with van der Waals surface area (Å²) in [6, 6.07) is 14.2.